The highest BCUT2D eigenvalue weighted by atomic mass is 32.2. The first-order chi connectivity index (χ1) is 10.0. The third-order valence-electron chi connectivity index (χ3n) is 4.27. The second kappa shape index (κ2) is 5.94. The number of fused-ring (bicyclic) bond motifs is 1. The lowest BCUT2D eigenvalue weighted by atomic mass is 10.1. The van der Waals surface area contributed by atoms with Crippen molar-refractivity contribution in [1.82, 2.24) is 9.62 Å². The van der Waals surface area contributed by atoms with E-state index >= 15 is 0 Å². The minimum atomic E-state index is -3.03. The molecule has 1 saturated heterocycles. The molecule has 1 aromatic carbocycles. The molecule has 0 radical (unpaired) electrons. The van der Waals surface area contributed by atoms with Gasteiger partial charge in [0.15, 0.2) is 0 Å². The van der Waals surface area contributed by atoms with Gasteiger partial charge in [0.05, 0.1) is 12.9 Å². The molecule has 21 heavy (non-hydrogen) atoms. The third kappa shape index (κ3) is 3.56. The number of nitrogens with zero attached hydrogens (tertiary/aromatic N) is 1. The normalized spacial score (nSPS) is 20.2. The molecule has 1 aromatic rings. The van der Waals surface area contributed by atoms with E-state index in [9.17, 15) is 8.42 Å². The standard InChI is InChI=1S/C15H22N2O3S/c1-21(18,19)17-7-4-14(5-8-17)16-11-12-2-3-15-13(10-12)6-9-20-15/h2-3,10,14,16H,4-9,11H2,1H3. The molecule has 5 nitrogen and oxygen atoms in total. The molecule has 3 rings (SSSR count). The Hall–Kier alpha value is -1.11. The van der Waals surface area contributed by atoms with Gasteiger partial charge in [-0.2, -0.15) is 0 Å². The van der Waals surface area contributed by atoms with E-state index in [1.165, 1.54) is 17.4 Å². The van der Waals surface area contributed by atoms with Gasteiger partial charge >= 0.3 is 0 Å². The summed E-state index contributed by atoms with van der Waals surface area (Å²) in [7, 11) is -3.03. The van der Waals surface area contributed by atoms with Crippen molar-refractivity contribution in [2.45, 2.75) is 31.8 Å². The molecule has 6 heteroatoms. The lowest BCUT2D eigenvalue weighted by Crippen LogP contribution is -2.44. The van der Waals surface area contributed by atoms with Crippen LogP contribution in [0.25, 0.3) is 0 Å². The monoisotopic (exact) mass is 310 g/mol. The number of sulfonamides is 1. The average molecular weight is 310 g/mol. The fourth-order valence-electron chi connectivity index (χ4n) is 3.00. The highest BCUT2D eigenvalue weighted by Gasteiger charge is 2.24. The van der Waals surface area contributed by atoms with E-state index in [0.717, 1.165) is 38.2 Å². The van der Waals surface area contributed by atoms with Crippen LogP contribution < -0.4 is 10.1 Å². The van der Waals surface area contributed by atoms with Gasteiger partial charge in [-0.05, 0) is 30.0 Å². The Morgan fingerprint density at radius 3 is 2.81 bits per heavy atom. The summed E-state index contributed by atoms with van der Waals surface area (Å²) in [5.74, 6) is 1.01. The minimum Gasteiger partial charge on any atom is -0.493 e. The van der Waals surface area contributed by atoms with Crippen molar-refractivity contribution >= 4 is 10.0 Å². The minimum absolute atomic E-state index is 0.396. The number of nitrogens with one attached hydrogen (secondary N) is 1. The first-order valence-electron chi connectivity index (χ1n) is 7.45. The van der Waals surface area contributed by atoms with E-state index < -0.39 is 10.0 Å². The first kappa shape index (κ1) is 14.8. The van der Waals surface area contributed by atoms with Crippen LogP contribution >= 0.6 is 0 Å². The van der Waals surface area contributed by atoms with Gasteiger partial charge in [0, 0.05) is 32.1 Å². The molecule has 2 heterocycles. The Morgan fingerprint density at radius 1 is 1.33 bits per heavy atom. The summed E-state index contributed by atoms with van der Waals surface area (Å²) in [5.41, 5.74) is 2.56. The summed E-state index contributed by atoms with van der Waals surface area (Å²) >= 11 is 0. The molecule has 0 aromatic heterocycles. The van der Waals surface area contributed by atoms with Crippen molar-refractivity contribution in [3.63, 3.8) is 0 Å². The zero-order chi connectivity index (χ0) is 14.9. The summed E-state index contributed by atoms with van der Waals surface area (Å²) in [6.45, 7) is 2.86. The molecule has 2 aliphatic rings. The van der Waals surface area contributed by atoms with Crippen LogP contribution in [0.15, 0.2) is 18.2 Å². The van der Waals surface area contributed by atoms with Crippen molar-refractivity contribution in [1.29, 1.82) is 0 Å². The van der Waals surface area contributed by atoms with Crippen LogP contribution in [0.1, 0.15) is 24.0 Å². The number of ether oxygens (including phenoxy) is 1. The molecule has 0 spiro atoms. The zero-order valence-corrected chi connectivity index (χ0v) is 13.2. The van der Waals surface area contributed by atoms with Crippen LogP contribution in [0.5, 0.6) is 5.75 Å². The molecule has 1 fully saturated rings. The molecule has 2 aliphatic heterocycles. The summed E-state index contributed by atoms with van der Waals surface area (Å²) < 4.78 is 30.0. The SMILES string of the molecule is CS(=O)(=O)N1CCC(NCc2ccc3c(c2)CCO3)CC1. The van der Waals surface area contributed by atoms with Gasteiger partial charge in [-0.25, -0.2) is 12.7 Å². The highest BCUT2D eigenvalue weighted by Crippen LogP contribution is 2.26. The Labute approximate surface area is 126 Å². The fraction of sp³-hybridized carbons (Fsp3) is 0.600. The Bertz CT molecular complexity index is 607. The average Bonchev–Trinajstić information content (AvgIpc) is 2.92. The number of hydrogen-bond acceptors (Lipinski definition) is 4. The largest absolute Gasteiger partial charge is 0.493 e. The molecule has 0 amide bonds. The number of hydrogen-bond donors (Lipinski definition) is 1. The summed E-state index contributed by atoms with van der Waals surface area (Å²) in [5, 5.41) is 3.54. The maximum Gasteiger partial charge on any atom is 0.211 e. The van der Waals surface area contributed by atoms with Gasteiger partial charge in [-0.1, -0.05) is 12.1 Å². The quantitative estimate of drug-likeness (QED) is 0.906. The van der Waals surface area contributed by atoms with E-state index in [1.54, 1.807) is 4.31 Å². The molecular weight excluding hydrogens is 288 g/mol. The van der Waals surface area contributed by atoms with Crippen LogP contribution in [0.3, 0.4) is 0 Å². The van der Waals surface area contributed by atoms with Crippen molar-refractivity contribution in [2.24, 2.45) is 0 Å². The lowest BCUT2D eigenvalue weighted by Gasteiger charge is -2.30. The maximum atomic E-state index is 11.5. The van der Waals surface area contributed by atoms with Gasteiger partial charge in [0.2, 0.25) is 10.0 Å². The molecule has 0 unspecified atom stereocenters. The second-order valence-electron chi connectivity index (χ2n) is 5.86. The number of rotatable bonds is 4. The summed E-state index contributed by atoms with van der Waals surface area (Å²) in [4.78, 5) is 0. The van der Waals surface area contributed by atoms with Gasteiger partial charge in [-0.15, -0.1) is 0 Å². The van der Waals surface area contributed by atoms with E-state index in [2.05, 4.69) is 17.4 Å². The molecule has 116 valence electrons. The third-order valence-corrected chi connectivity index (χ3v) is 5.57. The van der Waals surface area contributed by atoms with Crippen LogP contribution in [0.2, 0.25) is 0 Å². The summed E-state index contributed by atoms with van der Waals surface area (Å²) in [6, 6.07) is 6.75. The van der Waals surface area contributed by atoms with Crippen LogP contribution in [-0.4, -0.2) is 44.7 Å². The summed E-state index contributed by atoms with van der Waals surface area (Å²) in [6.07, 6.45) is 4.03. The van der Waals surface area contributed by atoms with Crippen LogP contribution in [0.4, 0.5) is 0 Å². The topological polar surface area (TPSA) is 58.6 Å². The predicted molar refractivity (Wildman–Crippen MR) is 81.9 cm³/mol. The molecule has 0 aliphatic carbocycles. The molecule has 0 bridgehead atoms. The Kier molecular flexibility index (Phi) is 4.19. The second-order valence-corrected chi connectivity index (χ2v) is 7.84. The van der Waals surface area contributed by atoms with Gasteiger partial charge < -0.3 is 10.1 Å². The first-order valence-corrected chi connectivity index (χ1v) is 9.30. The van der Waals surface area contributed by atoms with E-state index in [4.69, 9.17) is 4.74 Å². The Balaban J connectivity index is 1.50. The van der Waals surface area contributed by atoms with E-state index in [-0.39, 0.29) is 0 Å². The van der Waals surface area contributed by atoms with Crippen molar-refractivity contribution in [2.75, 3.05) is 26.0 Å². The predicted octanol–water partition coefficient (Wildman–Crippen LogP) is 1.14. The van der Waals surface area contributed by atoms with Gasteiger partial charge in [0.25, 0.3) is 0 Å². The fourth-order valence-corrected chi connectivity index (χ4v) is 3.88. The molecule has 0 saturated carbocycles. The molecule has 0 atom stereocenters. The Morgan fingerprint density at radius 2 is 2.10 bits per heavy atom. The van der Waals surface area contributed by atoms with E-state index in [1.807, 2.05) is 6.07 Å². The van der Waals surface area contributed by atoms with Crippen molar-refractivity contribution in [3.05, 3.63) is 29.3 Å². The van der Waals surface area contributed by atoms with E-state index in [0.29, 0.717) is 19.1 Å². The van der Waals surface area contributed by atoms with Crippen LogP contribution in [0, 0.1) is 0 Å². The van der Waals surface area contributed by atoms with Gasteiger partial charge in [0.1, 0.15) is 5.75 Å². The smallest absolute Gasteiger partial charge is 0.211 e. The number of benzene rings is 1. The van der Waals surface area contributed by atoms with Crippen molar-refractivity contribution in [3.8, 4) is 5.75 Å². The van der Waals surface area contributed by atoms with Crippen molar-refractivity contribution < 1.29 is 13.2 Å². The molecular formula is C15H22N2O3S. The van der Waals surface area contributed by atoms with Crippen LogP contribution in [-0.2, 0) is 23.0 Å². The molecule has 1 N–H and O–H groups in total. The highest BCUT2D eigenvalue weighted by molar-refractivity contribution is 7.88. The zero-order valence-electron chi connectivity index (χ0n) is 12.3. The lowest BCUT2D eigenvalue weighted by molar-refractivity contribution is 0.290. The number of piperidine rings is 1. The van der Waals surface area contributed by atoms with Gasteiger partial charge in [-0.3, -0.25) is 0 Å². The maximum absolute atomic E-state index is 11.5.